The number of nitrogens with one attached hydrogen (secondary N) is 2. The highest BCUT2D eigenvalue weighted by Gasteiger charge is 2.13. The van der Waals surface area contributed by atoms with Crippen molar-refractivity contribution in [2.75, 3.05) is 17.7 Å². The van der Waals surface area contributed by atoms with Crippen LogP contribution in [0.15, 0.2) is 24.3 Å². The van der Waals surface area contributed by atoms with Crippen LogP contribution < -0.4 is 10.6 Å². The first kappa shape index (κ1) is 13.8. The summed E-state index contributed by atoms with van der Waals surface area (Å²) in [5, 5.41) is 5.25. The van der Waals surface area contributed by atoms with Gasteiger partial charge in [-0.1, -0.05) is 23.7 Å². The molecule has 6 heteroatoms. The second kappa shape index (κ2) is 7.14. The SMILES string of the molecule is O=C(NCCCCl)C(=O)Nc1ccccc1Cl. The van der Waals surface area contributed by atoms with Gasteiger partial charge in [-0.15, -0.1) is 11.6 Å². The molecule has 0 heterocycles. The third kappa shape index (κ3) is 4.63. The topological polar surface area (TPSA) is 58.2 Å². The number of hydrogen-bond donors (Lipinski definition) is 2. The van der Waals surface area contributed by atoms with Crippen LogP contribution in [-0.4, -0.2) is 24.2 Å². The molecule has 0 radical (unpaired) electrons. The molecule has 0 unspecified atom stereocenters. The van der Waals surface area contributed by atoms with Gasteiger partial charge in [-0.25, -0.2) is 0 Å². The number of anilines is 1. The Hall–Kier alpha value is -1.26. The van der Waals surface area contributed by atoms with E-state index in [-0.39, 0.29) is 0 Å². The molecule has 0 aromatic heterocycles. The van der Waals surface area contributed by atoms with Crippen LogP contribution in [0.25, 0.3) is 0 Å². The van der Waals surface area contributed by atoms with Gasteiger partial charge in [0, 0.05) is 12.4 Å². The molecule has 0 aliphatic heterocycles. The first-order chi connectivity index (χ1) is 8.15. The summed E-state index contributed by atoms with van der Waals surface area (Å²) in [6, 6.07) is 6.69. The minimum atomic E-state index is -0.743. The Morgan fingerprint density at radius 3 is 2.53 bits per heavy atom. The number of rotatable bonds is 4. The number of benzene rings is 1. The smallest absolute Gasteiger partial charge is 0.313 e. The number of amides is 2. The van der Waals surface area contributed by atoms with Gasteiger partial charge < -0.3 is 10.6 Å². The van der Waals surface area contributed by atoms with E-state index in [1.165, 1.54) is 0 Å². The van der Waals surface area contributed by atoms with Gasteiger partial charge in [0.25, 0.3) is 0 Å². The third-order valence-electron chi connectivity index (χ3n) is 1.92. The predicted octanol–water partition coefficient (Wildman–Crippen LogP) is 2.02. The van der Waals surface area contributed by atoms with Crippen LogP contribution in [0.4, 0.5) is 5.69 Å². The Morgan fingerprint density at radius 2 is 1.88 bits per heavy atom. The van der Waals surface area contributed by atoms with Crippen LogP contribution in [0, 0.1) is 0 Å². The van der Waals surface area contributed by atoms with Crippen molar-refractivity contribution in [3.63, 3.8) is 0 Å². The van der Waals surface area contributed by atoms with Gasteiger partial charge in [0.05, 0.1) is 10.7 Å². The molecule has 0 fully saturated rings. The highest BCUT2D eigenvalue weighted by molar-refractivity contribution is 6.41. The maximum Gasteiger partial charge on any atom is 0.313 e. The lowest BCUT2D eigenvalue weighted by molar-refractivity contribution is -0.136. The van der Waals surface area contributed by atoms with Crippen molar-refractivity contribution in [2.24, 2.45) is 0 Å². The maximum atomic E-state index is 11.4. The molecule has 0 bridgehead atoms. The summed E-state index contributed by atoms with van der Waals surface area (Å²) in [6.07, 6.45) is 0.618. The second-order valence-corrected chi connectivity index (χ2v) is 4.02. The zero-order chi connectivity index (χ0) is 12.7. The Bertz CT molecular complexity index is 410. The zero-order valence-electron chi connectivity index (χ0n) is 9.00. The van der Waals surface area contributed by atoms with Gasteiger partial charge >= 0.3 is 11.8 Å². The fourth-order valence-electron chi connectivity index (χ4n) is 1.09. The lowest BCUT2D eigenvalue weighted by atomic mass is 10.3. The van der Waals surface area contributed by atoms with Crippen molar-refractivity contribution in [1.29, 1.82) is 0 Å². The average Bonchev–Trinajstić information content (AvgIpc) is 2.32. The van der Waals surface area contributed by atoms with Crippen molar-refractivity contribution in [3.8, 4) is 0 Å². The molecule has 1 rings (SSSR count). The van der Waals surface area contributed by atoms with E-state index in [0.29, 0.717) is 29.6 Å². The number of alkyl halides is 1. The summed E-state index contributed by atoms with van der Waals surface area (Å²) in [7, 11) is 0. The number of hydrogen-bond acceptors (Lipinski definition) is 2. The molecule has 4 nitrogen and oxygen atoms in total. The van der Waals surface area contributed by atoms with E-state index >= 15 is 0 Å². The number of para-hydroxylation sites is 1. The molecule has 0 atom stereocenters. The Balaban J connectivity index is 2.49. The van der Waals surface area contributed by atoms with E-state index in [1.807, 2.05) is 0 Å². The van der Waals surface area contributed by atoms with Crippen LogP contribution >= 0.6 is 23.2 Å². The van der Waals surface area contributed by atoms with E-state index in [2.05, 4.69) is 10.6 Å². The number of halogens is 2. The molecule has 2 amide bonds. The lowest BCUT2D eigenvalue weighted by Gasteiger charge is -2.06. The highest BCUT2D eigenvalue weighted by Crippen LogP contribution is 2.19. The fourth-order valence-corrected chi connectivity index (χ4v) is 1.41. The first-order valence-corrected chi connectivity index (χ1v) is 5.96. The summed E-state index contributed by atoms with van der Waals surface area (Å²) in [4.78, 5) is 22.8. The molecular weight excluding hydrogens is 263 g/mol. The minimum Gasteiger partial charge on any atom is -0.348 e. The molecular formula is C11H12Cl2N2O2. The van der Waals surface area contributed by atoms with Crippen molar-refractivity contribution < 1.29 is 9.59 Å². The van der Waals surface area contributed by atoms with E-state index < -0.39 is 11.8 Å². The first-order valence-electron chi connectivity index (χ1n) is 5.05. The molecule has 1 aromatic carbocycles. The quantitative estimate of drug-likeness (QED) is 0.502. The standard InChI is InChI=1S/C11H12Cl2N2O2/c12-6-3-7-14-10(16)11(17)15-9-5-2-1-4-8(9)13/h1-2,4-5H,3,6-7H2,(H,14,16)(H,15,17). The van der Waals surface area contributed by atoms with Crippen molar-refractivity contribution >= 4 is 40.7 Å². The molecule has 92 valence electrons. The zero-order valence-corrected chi connectivity index (χ0v) is 10.5. The molecule has 0 aliphatic rings. The van der Waals surface area contributed by atoms with Gasteiger partial charge in [0.15, 0.2) is 0 Å². The van der Waals surface area contributed by atoms with Crippen molar-refractivity contribution in [3.05, 3.63) is 29.3 Å². The van der Waals surface area contributed by atoms with Crippen molar-refractivity contribution in [1.82, 2.24) is 5.32 Å². The third-order valence-corrected chi connectivity index (χ3v) is 2.52. The summed E-state index contributed by atoms with van der Waals surface area (Å²) in [5.74, 6) is -1.01. The van der Waals surface area contributed by atoms with Crippen molar-refractivity contribution in [2.45, 2.75) is 6.42 Å². The molecule has 0 aliphatic carbocycles. The van der Waals surface area contributed by atoms with Gasteiger partial charge in [-0.05, 0) is 18.6 Å². The molecule has 0 spiro atoms. The van der Waals surface area contributed by atoms with Crippen LogP contribution in [0.2, 0.25) is 5.02 Å². The summed E-state index contributed by atoms with van der Waals surface area (Å²) in [5.41, 5.74) is 0.409. The Morgan fingerprint density at radius 1 is 1.18 bits per heavy atom. The fraction of sp³-hybridized carbons (Fsp3) is 0.273. The molecule has 0 saturated heterocycles. The largest absolute Gasteiger partial charge is 0.348 e. The molecule has 1 aromatic rings. The number of carbonyl (C=O) groups excluding carboxylic acids is 2. The van der Waals surface area contributed by atoms with E-state index in [0.717, 1.165) is 0 Å². The maximum absolute atomic E-state index is 11.4. The van der Waals surface area contributed by atoms with Gasteiger partial charge in [-0.3, -0.25) is 9.59 Å². The normalized spacial score (nSPS) is 9.76. The van der Waals surface area contributed by atoms with Gasteiger partial charge in [-0.2, -0.15) is 0 Å². The van der Waals surface area contributed by atoms with Gasteiger partial charge in [0.1, 0.15) is 0 Å². The predicted molar refractivity (Wildman–Crippen MR) is 68.4 cm³/mol. The van der Waals surface area contributed by atoms with E-state index in [4.69, 9.17) is 23.2 Å². The highest BCUT2D eigenvalue weighted by atomic mass is 35.5. The number of carbonyl (C=O) groups is 2. The lowest BCUT2D eigenvalue weighted by Crippen LogP contribution is -2.36. The summed E-state index contributed by atoms with van der Waals surface area (Å²) < 4.78 is 0. The second-order valence-electron chi connectivity index (χ2n) is 3.23. The monoisotopic (exact) mass is 274 g/mol. The van der Waals surface area contributed by atoms with Crippen LogP contribution in [0.5, 0.6) is 0 Å². The molecule has 0 saturated carbocycles. The Labute approximate surface area is 109 Å². The molecule has 17 heavy (non-hydrogen) atoms. The van der Waals surface area contributed by atoms with E-state index in [9.17, 15) is 9.59 Å². The van der Waals surface area contributed by atoms with Crippen LogP contribution in [-0.2, 0) is 9.59 Å². The Kier molecular flexibility index (Phi) is 5.80. The van der Waals surface area contributed by atoms with Crippen LogP contribution in [0.3, 0.4) is 0 Å². The van der Waals surface area contributed by atoms with Gasteiger partial charge in [0.2, 0.25) is 0 Å². The average molecular weight is 275 g/mol. The minimum absolute atomic E-state index is 0.373. The van der Waals surface area contributed by atoms with E-state index in [1.54, 1.807) is 24.3 Å². The summed E-state index contributed by atoms with van der Waals surface area (Å²) in [6.45, 7) is 0.373. The molecule has 2 N–H and O–H groups in total. The van der Waals surface area contributed by atoms with Crippen LogP contribution in [0.1, 0.15) is 6.42 Å². The summed E-state index contributed by atoms with van der Waals surface area (Å²) >= 11 is 11.3.